The van der Waals surface area contributed by atoms with E-state index in [1.807, 2.05) is 18.2 Å². The maximum atomic E-state index is 11.9. The summed E-state index contributed by atoms with van der Waals surface area (Å²) >= 11 is 0. The summed E-state index contributed by atoms with van der Waals surface area (Å²) in [6, 6.07) is 9.40. The molecule has 17 heavy (non-hydrogen) atoms. The third kappa shape index (κ3) is 3.20. The maximum absolute atomic E-state index is 11.9. The number of amides is 1. The number of nitrogens with one attached hydrogen (secondary N) is 1. The van der Waals surface area contributed by atoms with Crippen LogP contribution >= 0.6 is 0 Å². The summed E-state index contributed by atoms with van der Waals surface area (Å²) in [6.07, 6.45) is 1.85. The van der Waals surface area contributed by atoms with Crippen molar-refractivity contribution in [3.8, 4) is 5.75 Å². The molecule has 1 unspecified atom stereocenters. The Labute approximate surface area is 102 Å². The van der Waals surface area contributed by atoms with E-state index in [1.54, 1.807) is 24.1 Å². The van der Waals surface area contributed by atoms with E-state index in [2.05, 4.69) is 5.32 Å². The predicted molar refractivity (Wildman–Crippen MR) is 66.1 cm³/mol. The Balaban J connectivity index is 1.90. The van der Waals surface area contributed by atoms with Crippen LogP contribution in [0.25, 0.3) is 0 Å². The number of carbonyl (C=O) groups is 1. The zero-order valence-electron chi connectivity index (χ0n) is 10.1. The Morgan fingerprint density at radius 3 is 2.82 bits per heavy atom. The molecule has 0 aromatic heterocycles. The normalized spacial score (nSPS) is 19.7. The Hall–Kier alpha value is -1.55. The maximum Gasteiger partial charge on any atom is 0.415 e. The highest BCUT2D eigenvalue weighted by atomic mass is 16.6. The van der Waals surface area contributed by atoms with Crippen LogP contribution < -0.4 is 10.1 Å². The minimum atomic E-state index is -0.287. The fourth-order valence-electron chi connectivity index (χ4n) is 1.97. The van der Waals surface area contributed by atoms with E-state index in [0.717, 1.165) is 25.9 Å². The molecule has 2 rings (SSSR count). The molecule has 92 valence electrons. The van der Waals surface area contributed by atoms with E-state index in [1.165, 1.54) is 0 Å². The van der Waals surface area contributed by atoms with Crippen molar-refractivity contribution in [3.63, 3.8) is 0 Å². The van der Waals surface area contributed by atoms with Gasteiger partial charge in [-0.05, 0) is 31.5 Å². The molecule has 0 bridgehead atoms. The molecule has 1 aliphatic heterocycles. The molecular weight excluding hydrogens is 216 g/mol. The zero-order chi connectivity index (χ0) is 12.1. The highest BCUT2D eigenvalue weighted by Crippen LogP contribution is 2.13. The SMILES string of the molecule is CN(C(=O)Oc1ccccc1)C1CCCNC1. The van der Waals surface area contributed by atoms with E-state index < -0.39 is 0 Å². The van der Waals surface area contributed by atoms with Gasteiger partial charge in [-0.1, -0.05) is 18.2 Å². The number of para-hydroxylation sites is 1. The van der Waals surface area contributed by atoms with Crippen molar-refractivity contribution < 1.29 is 9.53 Å². The Kier molecular flexibility index (Phi) is 3.98. The second-order valence-electron chi connectivity index (χ2n) is 4.29. The van der Waals surface area contributed by atoms with Gasteiger partial charge in [-0.3, -0.25) is 0 Å². The average molecular weight is 234 g/mol. The van der Waals surface area contributed by atoms with Crippen molar-refractivity contribution in [2.24, 2.45) is 0 Å². The van der Waals surface area contributed by atoms with Crippen LogP contribution in [0.4, 0.5) is 4.79 Å². The minimum Gasteiger partial charge on any atom is -0.410 e. The first-order valence-corrected chi connectivity index (χ1v) is 5.98. The number of piperidine rings is 1. The summed E-state index contributed by atoms with van der Waals surface area (Å²) in [7, 11) is 1.79. The number of likely N-dealkylation sites (N-methyl/N-ethyl adjacent to an activating group) is 1. The molecule has 1 aromatic rings. The molecule has 1 aromatic carbocycles. The predicted octanol–water partition coefficient (Wildman–Crippen LogP) is 1.87. The van der Waals surface area contributed by atoms with E-state index in [-0.39, 0.29) is 12.1 Å². The first-order valence-electron chi connectivity index (χ1n) is 5.98. The number of carbonyl (C=O) groups excluding carboxylic acids is 1. The summed E-state index contributed by atoms with van der Waals surface area (Å²) < 4.78 is 5.29. The molecule has 0 saturated carbocycles. The number of ether oxygens (including phenoxy) is 1. The van der Waals surface area contributed by atoms with E-state index in [0.29, 0.717) is 5.75 Å². The van der Waals surface area contributed by atoms with Crippen molar-refractivity contribution in [2.45, 2.75) is 18.9 Å². The summed E-state index contributed by atoms with van der Waals surface area (Å²) in [5.74, 6) is 0.591. The fourth-order valence-corrected chi connectivity index (χ4v) is 1.97. The van der Waals surface area contributed by atoms with Gasteiger partial charge in [0.2, 0.25) is 0 Å². The molecule has 1 heterocycles. The molecule has 0 radical (unpaired) electrons. The van der Waals surface area contributed by atoms with Gasteiger partial charge in [-0.15, -0.1) is 0 Å². The molecule has 4 nitrogen and oxygen atoms in total. The summed E-state index contributed by atoms with van der Waals surface area (Å²) in [4.78, 5) is 13.6. The van der Waals surface area contributed by atoms with Gasteiger partial charge in [0.25, 0.3) is 0 Å². The van der Waals surface area contributed by atoms with Crippen LogP contribution in [0.2, 0.25) is 0 Å². The lowest BCUT2D eigenvalue weighted by Gasteiger charge is -2.30. The number of benzene rings is 1. The fraction of sp³-hybridized carbons (Fsp3) is 0.462. The summed E-state index contributed by atoms with van der Waals surface area (Å²) in [6.45, 7) is 1.89. The smallest absolute Gasteiger partial charge is 0.410 e. The van der Waals surface area contributed by atoms with Gasteiger partial charge in [-0.25, -0.2) is 4.79 Å². The van der Waals surface area contributed by atoms with E-state index >= 15 is 0 Å². The van der Waals surface area contributed by atoms with Crippen LogP contribution in [-0.2, 0) is 0 Å². The van der Waals surface area contributed by atoms with Crippen LogP contribution in [0, 0.1) is 0 Å². The van der Waals surface area contributed by atoms with Crippen molar-refractivity contribution >= 4 is 6.09 Å². The molecule has 0 spiro atoms. The van der Waals surface area contributed by atoms with E-state index in [9.17, 15) is 4.79 Å². The largest absolute Gasteiger partial charge is 0.415 e. The van der Waals surface area contributed by atoms with E-state index in [4.69, 9.17) is 4.74 Å². The molecular formula is C13H18N2O2. The van der Waals surface area contributed by atoms with Crippen molar-refractivity contribution in [1.82, 2.24) is 10.2 Å². The lowest BCUT2D eigenvalue weighted by atomic mass is 10.1. The van der Waals surface area contributed by atoms with Gasteiger partial charge in [0, 0.05) is 19.6 Å². The molecule has 1 fully saturated rings. The first kappa shape index (κ1) is 11.9. The molecule has 0 aliphatic carbocycles. The van der Waals surface area contributed by atoms with Crippen LogP contribution in [-0.4, -0.2) is 37.2 Å². The zero-order valence-corrected chi connectivity index (χ0v) is 10.1. The number of hydrogen-bond donors (Lipinski definition) is 1. The second-order valence-corrected chi connectivity index (χ2v) is 4.29. The van der Waals surface area contributed by atoms with Crippen molar-refractivity contribution in [3.05, 3.63) is 30.3 Å². The van der Waals surface area contributed by atoms with Crippen LogP contribution in [0.15, 0.2) is 30.3 Å². The second kappa shape index (κ2) is 5.68. The number of nitrogens with zero attached hydrogens (tertiary/aromatic N) is 1. The monoisotopic (exact) mass is 234 g/mol. The van der Waals surface area contributed by atoms with Crippen LogP contribution in [0.1, 0.15) is 12.8 Å². The molecule has 1 N–H and O–H groups in total. The van der Waals surface area contributed by atoms with Gasteiger partial charge in [0.05, 0.1) is 0 Å². The molecule has 1 atom stereocenters. The molecule has 1 aliphatic rings. The topological polar surface area (TPSA) is 41.6 Å². The molecule has 4 heteroatoms. The van der Waals surface area contributed by atoms with Gasteiger partial charge in [0.1, 0.15) is 5.75 Å². The average Bonchev–Trinajstić information content (AvgIpc) is 2.40. The first-order chi connectivity index (χ1) is 8.27. The minimum absolute atomic E-state index is 0.236. The van der Waals surface area contributed by atoms with Gasteiger partial charge >= 0.3 is 6.09 Å². The lowest BCUT2D eigenvalue weighted by molar-refractivity contribution is 0.136. The van der Waals surface area contributed by atoms with Gasteiger partial charge in [-0.2, -0.15) is 0 Å². The Morgan fingerprint density at radius 2 is 2.18 bits per heavy atom. The quantitative estimate of drug-likeness (QED) is 0.849. The van der Waals surface area contributed by atoms with Crippen LogP contribution in [0.5, 0.6) is 5.75 Å². The van der Waals surface area contributed by atoms with Crippen LogP contribution in [0.3, 0.4) is 0 Å². The Bertz CT molecular complexity index is 361. The summed E-state index contributed by atoms with van der Waals surface area (Å²) in [5, 5.41) is 3.29. The summed E-state index contributed by atoms with van der Waals surface area (Å²) in [5.41, 5.74) is 0. The number of rotatable bonds is 2. The van der Waals surface area contributed by atoms with Gasteiger partial charge < -0.3 is 15.0 Å². The highest BCUT2D eigenvalue weighted by Gasteiger charge is 2.23. The Morgan fingerprint density at radius 1 is 1.41 bits per heavy atom. The van der Waals surface area contributed by atoms with Crippen molar-refractivity contribution in [2.75, 3.05) is 20.1 Å². The van der Waals surface area contributed by atoms with Gasteiger partial charge in [0.15, 0.2) is 0 Å². The highest BCUT2D eigenvalue weighted by molar-refractivity contribution is 5.70. The third-order valence-electron chi connectivity index (χ3n) is 3.05. The number of hydrogen-bond acceptors (Lipinski definition) is 3. The molecule has 1 saturated heterocycles. The standard InChI is InChI=1S/C13H18N2O2/c1-15(11-6-5-9-14-10-11)13(16)17-12-7-3-2-4-8-12/h2-4,7-8,11,14H,5-6,9-10H2,1H3. The lowest BCUT2D eigenvalue weighted by Crippen LogP contribution is -2.47. The van der Waals surface area contributed by atoms with Crippen molar-refractivity contribution in [1.29, 1.82) is 0 Å². The molecule has 1 amide bonds. The third-order valence-corrected chi connectivity index (χ3v) is 3.05.